The Hall–Kier alpha value is -4.85. The van der Waals surface area contributed by atoms with E-state index in [4.69, 9.17) is 15.5 Å². The number of fused-ring (bicyclic) bond motifs is 4. The zero-order valence-electron chi connectivity index (χ0n) is 22.1. The number of pyridine rings is 1. The van der Waals surface area contributed by atoms with Crippen LogP contribution in [-0.4, -0.2) is 18.3 Å². The first kappa shape index (κ1) is 25.4. The third-order valence-corrected chi connectivity index (χ3v) is 7.87. The molecule has 0 aliphatic rings. The van der Waals surface area contributed by atoms with Crippen molar-refractivity contribution in [3.63, 3.8) is 0 Å². The van der Waals surface area contributed by atoms with Crippen LogP contribution in [0.15, 0.2) is 78.5 Å². The summed E-state index contributed by atoms with van der Waals surface area (Å²) in [5.74, 6) is 0. The van der Waals surface area contributed by atoms with Gasteiger partial charge in [0.1, 0.15) is 28.7 Å². The van der Waals surface area contributed by atoms with Crippen molar-refractivity contribution in [1.29, 1.82) is 10.5 Å². The van der Waals surface area contributed by atoms with Gasteiger partial charge in [0.25, 0.3) is 0 Å². The zero-order valence-corrected chi connectivity index (χ0v) is 22.9. The van der Waals surface area contributed by atoms with Crippen LogP contribution in [0.4, 0.5) is 0 Å². The van der Waals surface area contributed by atoms with Crippen molar-refractivity contribution in [3.8, 4) is 34.5 Å². The predicted octanol–water partition coefficient (Wildman–Crippen LogP) is 8.54. The molecule has 0 fully saturated rings. The Morgan fingerprint density at radius 2 is 1.60 bits per heavy atom. The zero-order chi connectivity index (χ0) is 27.5. The maximum absolute atomic E-state index is 9.03. The summed E-state index contributed by atoms with van der Waals surface area (Å²) < 4.78 is 11.7. The van der Waals surface area contributed by atoms with Gasteiger partial charge < -0.3 is 4.57 Å². The number of nitriles is 2. The molecule has 0 bridgehead atoms. The van der Waals surface area contributed by atoms with E-state index in [9.17, 15) is 0 Å². The number of allylic oxidation sites excluding steroid dienone is 1. The van der Waals surface area contributed by atoms with Crippen LogP contribution in [-0.2, 0) is 6.54 Å². The largest absolute Gasteiger partial charge is 0.340 e. The van der Waals surface area contributed by atoms with Gasteiger partial charge in [0.15, 0.2) is 0 Å². The second-order valence-electron chi connectivity index (χ2n) is 9.85. The molecular weight excluding hydrogens is 512 g/mol. The molecule has 6 nitrogen and oxygen atoms in total. The van der Waals surface area contributed by atoms with Gasteiger partial charge in [-0.25, -0.2) is 0 Å². The molecule has 3 aromatic heterocycles. The molecule has 7 heteroatoms. The van der Waals surface area contributed by atoms with Gasteiger partial charge in [0, 0.05) is 45.7 Å². The maximum Gasteiger partial charge on any atom is 0.131 e. The fourth-order valence-corrected chi connectivity index (χ4v) is 5.91. The van der Waals surface area contributed by atoms with Crippen LogP contribution < -0.4 is 0 Å². The van der Waals surface area contributed by atoms with Crippen LogP contribution in [0.5, 0.6) is 0 Å². The molecule has 40 heavy (non-hydrogen) atoms. The fourth-order valence-electron chi connectivity index (χ4n) is 5.35. The number of hydrogen-bond donors (Lipinski definition) is 0. The molecule has 6 rings (SSSR count). The van der Waals surface area contributed by atoms with E-state index in [2.05, 4.69) is 62.7 Å². The number of nitrogens with zero attached hydrogens (tertiary/aromatic N) is 6. The lowest BCUT2D eigenvalue weighted by atomic mass is 10.0. The van der Waals surface area contributed by atoms with Gasteiger partial charge in [0.05, 0.1) is 17.4 Å². The molecule has 194 valence electrons. The minimum atomic E-state index is 0.0708. The van der Waals surface area contributed by atoms with E-state index in [1.54, 1.807) is 6.08 Å². The Kier molecular flexibility index (Phi) is 7.06. The van der Waals surface area contributed by atoms with Crippen LogP contribution in [0.25, 0.3) is 61.3 Å². The lowest BCUT2D eigenvalue weighted by molar-refractivity contribution is 0.602. The molecule has 0 atom stereocenters. The summed E-state index contributed by atoms with van der Waals surface area (Å²) in [5.41, 5.74) is 8.66. The van der Waals surface area contributed by atoms with Crippen LogP contribution in [0, 0.1) is 22.7 Å². The quantitative estimate of drug-likeness (QED) is 0.143. The third-order valence-electron chi connectivity index (χ3n) is 7.35. The molecule has 0 N–H and O–H groups in total. The molecule has 0 saturated carbocycles. The summed E-state index contributed by atoms with van der Waals surface area (Å²) in [6, 6.07) is 26.7. The Bertz CT molecular complexity index is 1950. The van der Waals surface area contributed by atoms with Crippen molar-refractivity contribution in [2.24, 2.45) is 0 Å². The molecule has 0 aliphatic heterocycles. The minimum absolute atomic E-state index is 0.0708. The van der Waals surface area contributed by atoms with Gasteiger partial charge >= 0.3 is 0 Å². The first-order valence-corrected chi connectivity index (χ1v) is 14.2. The van der Waals surface area contributed by atoms with Gasteiger partial charge in [-0.05, 0) is 41.8 Å². The van der Waals surface area contributed by atoms with Crippen molar-refractivity contribution in [2.45, 2.75) is 39.2 Å². The molecule has 0 aliphatic carbocycles. The molecule has 0 amide bonds. The fraction of sp³-hybridized carbons (Fsp3) is 0.182. The molecule has 6 aromatic rings. The van der Waals surface area contributed by atoms with Crippen molar-refractivity contribution >= 4 is 50.6 Å². The highest BCUT2D eigenvalue weighted by Crippen LogP contribution is 2.36. The Balaban J connectivity index is 1.40. The van der Waals surface area contributed by atoms with Crippen LogP contribution in [0.1, 0.15) is 38.2 Å². The Labute approximate surface area is 236 Å². The highest BCUT2D eigenvalue weighted by Gasteiger charge is 2.17. The number of para-hydroxylation sites is 1. The number of unbranched alkanes of at least 4 members (excludes halogenated alkanes) is 3. The number of hydrogen-bond acceptors (Lipinski definition) is 6. The van der Waals surface area contributed by atoms with E-state index in [-0.39, 0.29) is 5.57 Å². The number of aryl methyl sites for hydroxylation is 1. The van der Waals surface area contributed by atoms with Crippen molar-refractivity contribution in [3.05, 3.63) is 84.1 Å². The Morgan fingerprint density at radius 3 is 2.40 bits per heavy atom. The molecular formula is C33H26N6S. The van der Waals surface area contributed by atoms with Crippen LogP contribution >= 0.6 is 11.7 Å². The lowest BCUT2D eigenvalue weighted by Gasteiger charge is -2.09. The van der Waals surface area contributed by atoms with E-state index in [0.29, 0.717) is 0 Å². The molecule has 0 radical (unpaired) electrons. The Morgan fingerprint density at radius 1 is 0.850 bits per heavy atom. The normalized spacial score (nSPS) is 11.1. The second-order valence-corrected chi connectivity index (χ2v) is 10.4. The first-order valence-electron chi connectivity index (χ1n) is 13.5. The minimum Gasteiger partial charge on any atom is -0.340 e. The van der Waals surface area contributed by atoms with E-state index >= 15 is 0 Å². The van der Waals surface area contributed by atoms with Crippen molar-refractivity contribution < 1.29 is 0 Å². The van der Waals surface area contributed by atoms with Gasteiger partial charge in [-0.3, -0.25) is 4.98 Å². The second kappa shape index (κ2) is 11.1. The van der Waals surface area contributed by atoms with Crippen LogP contribution in [0.2, 0.25) is 0 Å². The smallest absolute Gasteiger partial charge is 0.131 e. The standard InChI is InChI=1S/C33H26N6S/c1-2-3-4-7-16-39-29-9-6-5-8-26(29)27-18-25(14-15-30(27)39)31-33-32(37-40-38-33)28(21-36-31)24-12-10-22(11-13-24)17-23(19-34)20-35/h5-6,8-15,17-18,21H,2-4,7,16H2,1H3. The summed E-state index contributed by atoms with van der Waals surface area (Å²) in [6.45, 7) is 3.26. The summed E-state index contributed by atoms with van der Waals surface area (Å²) >= 11 is 1.19. The maximum atomic E-state index is 9.03. The van der Waals surface area contributed by atoms with Crippen LogP contribution in [0.3, 0.4) is 0 Å². The SMILES string of the molecule is CCCCCCn1c2ccccc2c2cc(-c3ncc(-c4ccc(C=C(C#N)C#N)cc4)c4nsnc34)ccc21. The van der Waals surface area contributed by atoms with Gasteiger partial charge in [-0.2, -0.15) is 19.3 Å². The summed E-state index contributed by atoms with van der Waals surface area (Å²) in [5, 5.41) is 20.5. The third kappa shape index (κ3) is 4.62. The van der Waals surface area contributed by atoms with Crippen molar-refractivity contribution in [1.82, 2.24) is 18.3 Å². The topological polar surface area (TPSA) is 91.2 Å². The average Bonchev–Trinajstić information content (AvgIpc) is 3.61. The van der Waals surface area contributed by atoms with Gasteiger partial charge in [-0.15, -0.1) is 0 Å². The predicted molar refractivity (Wildman–Crippen MR) is 162 cm³/mol. The summed E-state index contributed by atoms with van der Waals surface area (Å²) in [7, 11) is 0. The van der Waals surface area contributed by atoms with Gasteiger partial charge in [-0.1, -0.05) is 74.7 Å². The van der Waals surface area contributed by atoms with E-state index in [1.165, 1.54) is 59.2 Å². The van der Waals surface area contributed by atoms with E-state index in [0.717, 1.165) is 45.5 Å². The van der Waals surface area contributed by atoms with Gasteiger partial charge in [0.2, 0.25) is 0 Å². The summed E-state index contributed by atoms with van der Waals surface area (Å²) in [6.07, 6.45) is 8.35. The highest BCUT2D eigenvalue weighted by molar-refractivity contribution is 7.00. The molecule has 3 heterocycles. The number of benzene rings is 3. The lowest BCUT2D eigenvalue weighted by Crippen LogP contribution is -1.97. The number of rotatable bonds is 8. The van der Waals surface area contributed by atoms with Crippen molar-refractivity contribution in [2.75, 3.05) is 0 Å². The number of aromatic nitrogens is 4. The molecule has 3 aromatic carbocycles. The average molecular weight is 539 g/mol. The monoisotopic (exact) mass is 538 g/mol. The first-order chi connectivity index (χ1) is 19.7. The summed E-state index contributed by atoms with van der Waals surface area (Å²) in [4.78, 5) is 4.89. The molecule has 0 spiro atoms. The molecule has 0 saturated heterocycles. The highest BCUT2D eigenvalue weighted by atomic mass is 32.1. The van der Waals surface area contributed by atoms with E-state index in [1.807, 2.05) is 42.6 Å². The molecule has 0 unspecified atom stereocenters. The van der Waals surface area contributed by atoms with E-state index < -0.39 is 0 Å².